The standard InChI is InChI=1S/C39H42BrN3O5S/c1-4-20-41(24-27-14-10-7-11-15-27)36(45)32-33-37(46)43(29(25-44)22-26-12-8-6-9-13-26)35(39(33)23-31(40)34(32)49-39)38(47)42(21-5-2)28-16-18-30(48-3)19-17-28/h4-19,29,31-35,44H,1-2,20-25H2,3H3/t29-,31?,32-,33+,34-,35?,39?/m1/s1. The van der Waals surface area contributed by atoms with Gasteiger partial charge in [0.1, 0.15) is 11.8 Å². The van der Waals surface area contributed by atoms with Crippen molar-refractivity contribution < 1.29 is 24.2 Å². The van der Waals surface area contributed by atoms with Crippen LogP contribution in [0, 0.1) is 11.8 Å². The molecule has 8 nitrogen and oxygen atoms in total. The average molecular weight is 745 g/mol. The second kappa shape index (κ2) is 14.9. The zero-order valence-electron chi connectivity index (χ0n) is 27.6. The largest absolute Gasteiger partial charge is 0.497 e. The molecule has 3 amide bonds. The second-order valence-corrected chi connectivity index (χ2v) is 15.6. The lowest BCUT2D eigenvalue weighted by Gasteiger charge is -2.40. The summed E-state index contributed by atoms with van der Waals surface area (Å²) in [5.41, 5.74) is 2.56. The Balaban J connectivity index is 1.44. The molecule has 3 heterocycles. The summed E-state index contributed by atoms with van der Waals surface area (Å²) < 4.78 is 4.47. The average Bonchev–Trinajstić information content (AvgIpc) is 3.73. The zero-order valence-corrected chi connectivity index (χ0v) is 30.0. The maximum absolute atomic E-state index is 15.1. The quantitative estimate of drug-likeness (QED) is 0.174. The van der Waals surface area contributed by atoms with E-state index in [9.17, 15) is 9.90 Å². The van der Waals surface area contributed by atoms with E-state index in [1.54, 1.807) is 57.9 Å². The number of rotatable bonds is 14. The van der Waals surface area contributed by atoms with Crippen LogP contribution in [0.1, 0.15) is 17.5 Å². The van der Waals surface area contributed by atoms with Gasteiger partial charge in [0, 0.05) is 35.4 Å². The van der Waals surface area contributed by atoms with Crippen LogP contribution in [0.4, 0.5) is 5.69 Å². The van der Waals surface area contributed by atoms with E-state index >= 15 is 9.59 Å². The number of likely N-dealkylation sites (tertiary alicyclic amines) is 1. The third-order valence-electron chi connectivity index (χ3n) is 10.0. The lowest BCUT2D eigenvalue weighted by atomic mass is 9.70. The molecule has 0 aliphatic carbocycles. The van der Waals surface area contributed by atoms with E-state index in [2.05, 4.69) is 29.1 Å². The Hall–Kier alpha value is -3.86. The Kier molecular flexibility index (Phi) is 10.7. The number of aliphatic hydroxyl groups excluding tert-OH is 1. The van der Waals surface area contributed by atoms with E-state index in [4.69, 9.17) is 4.74 Å². The molecular formula is C39H42BrN3O5S. The van der Waals surface area contributed by atoms with Crippen molar-refractivity contribution in [1.29, 1.82) is 0 Å². The van der Waals surface area contributed by atoms with Gasteiger partial charge in [-0.2, -0.15) is 0 Å². The first-order valence-electron chi connectivity index (χ1n) is 16.6. The van der Waals surface area contributed by atoms with Crippen LogP contribution in [0.3, 0.4) is 0 Å². The third kappa shape index (κ3) is 6.46. The summed E-state index contributed by atoms with van der Waals surface area (Å²) in [4.78, 5) is 49.8. The van der Waals surface area contributed by atoms with Crippen molar-refractivity contribution in [3.8, 4) is 5.75 Å². The Labute approximate surface area is 300 Å². The fourth-order valence-electron chi connectivity index (χ4n) is 7.92. The molecule has 0 aromatic heterocycles. The summed E-state index contributed by atoms with van der Waals surface area (Å²) in [6, 6.07) is 25.1. The summed E-state index contributed by atoms with van der Waals surface area (Å²) in [5.74, 6) is -1.40. The highest BCUT2D eigenvalue weighted by molar-refractivity contribution is 9.09. The molecule has 0 saturated carbocycles. The molecule has 3 fully saturated rings. The minimum absolute atomic E-state index is 0.0939. The number of alkyl halides is 1. The molecule has 1 N–H and O–H groups in total. The van der Waals surface area contributed by atoms with Gasteiger partial charge in [-0.05, 0) is 48.2 Å². The molecule has 3 saturated heterocycles. The maximum Gasteiger partial charge on any atom is 0.251 e. The molecule has 0 radical (unpaired) electrons. The van der Waals surface area contributed by atoms with Crippen molar-refractivity contribution in [2.24, 2.45) is 11.8 Å². The molecule has 10 heteroatoms. The molecule has 7 atom stereocenters. The maximum atomic E-state index is 15.1. The molecule has 3 aliphatic rings. The van der Waals surface area contributed by atoms with Gasteiger partial charge >= 0.3 is 0 Å². The van der Waals surface area contributed by atoms with Crippen molar-refractivity contribution in [1.82, 2.24) is 9.80 Å². The zero-order chi connectivity index (χ0) is 34.7. The molecule has 3 aliphatic heterocycles. The monoisotopic (exact) mass is 743 g/mol. The second-order valence-electron chi connectivity index (χ2n) is 12.9. The van der Waals surface area contributed by atoms with Crippen LogP contribution in [0.25, 0.3) is 0 Å². The van der Waals surface area contributed by atoms with Crippen molar-refractivity contribution in [3.63, 3.8) is 0 Å². The van der Waals surface area contributed by atoms with E-state index in [-0.39, 0.29) is 41.0 Å². The fraction of sp³-hybridized carbons (Fsp3) is 0.359. The van der Waals surface area contributed by atoms with Gasteiger partial charge in [0.2, 0.25) is 11.8 Å². The number of amides is 3. The topological polar surface area (TPSA) is 90.4 Å². The van der Waals surface area contributed by atoms with Crippen LogP contribution in [0.5, 0.6) is 5.75 Å². The molecule has 3 unspecified atom stereocenters. The Bertz CT molecular complexity index is 1670. The van der Waals surface area contributed by atoms with Crippen molar-refractivity contribution in [2.45, 2.75) is 46.3 Å². The molecule has 3 aromatic rings. The normalized spacial score (nSPS) is 25.8. The van der Waals surface area contributed by atoms with Crippen LogP contribution in [0.2, 0.25) is 0 Å². The third-order valence-corrected chi connectivity index (χ3v) is 13.2. The first-order valence-corrected chi connectivity index (χ1v) is 18.4. The van der Waals surface area contributed by atoms with Crippen molar-refractivity contribution >= 4 is 51.1 Å². The molecule has 49 heavy (non-hydrogen) atoms. The van der Waals surface area contributed by atoms with Crippen LogP contribution in [-0.4, -0.2) is 86.3 Å². The molecule has 6 rings (SSSR count). The molecule has 1 spiro atoms. The number of methoxy groups -OCH3 is 1. The van der Waals surface area contributed by atoms with Crippen molar-refractivity contribution in [2.75, 3.05) is 31.7 Å². The smallest absolute Gasteiger partial charge is 0.251 e. The number of hydrogen-bond donors (Lipinski definition) is 1. The summed E-state index contributed by atoms with van der Waals surface area (Å²) in [6.45, 7) is 8.43. The van der Waals surface area contributed by atoms with Crippen LogP contribution in [-0.2, 0) is 27.3 Å². The predicted octanol–water partition coefficient (Wildman–Crippen LogP) is 5.50. The van der Waals surface area contributed by atoms with E-state index in [0.717, 1.165) is 11.1 Å². The highest BCUT2D eigenvalue weighted by atomic mass is 79.9. The van der Waals surface area contributed by atoms with E-state index in [0.29, 0.717) is 37.4 Å². The van der Waals surface area contributed by atoms with Crippen molar-refractivity contribution in [3.05, 3.63) is 121 Å². The SMILES string of the molecule is C=CCN(Cc1ccccc1)C(=O)[C@H]1[C@@H]2SC3(CC2Br)C(C(=O)N(CC=C)c2ccc(OC)cc2)N([C@@H](CO)Cc2ccccc2)C(=O)[C@H]13. The number of fused-ring (bicyclic) bond motifs is 1. The van der Waals surface area contributed by atoms with E-state index in [1.165, 1.54) is 0 Å². The van der Waals surface area contributed by atoms with Crippen LogP contribution < -0.4 is 9.64 Å². The minimum atomic E-state index is -0.928. The molecule has 256 valence electrons. The van der Waals surface area contributed by atoms with E-state index < -0.39 is 28.7 Å². The van der Waals surface area contributed by atoms with Gasteiger partial charge in [-0.3, -0.25) is 14.4 Å². The summed E-state index contributed by atoms with van der Waals surface area (Å²) >= 11 is 5.49. The number of hydrogen-bond acceptors (Lipinski definition) is 6. The number of ether oxygens (including phenoxy) is 1. The first-order chi connectivity index (χ1) is 23.8. The van der Waals surface area contributed by atoms with Crippen LogP contribution in [0.15, 0.2) is 110 Å². The number of halogens is 1. The van der Waals surface area contributed by atoms with Gasteiger partial charge in [-0.25, -0.2) is 0 Å². The molecule has 3 aromatic carbocycles. The van der Waals surface area contributed by atoms with Gasteiger partial charge in [0.05, 0.1) is 36.3 Å². The number of anilines is 1. The molecule has 2 bridgehead atoms. The van der Waals surface area contributed by atoms with Gasteiger partial charge in [0.25, 0.3) is 5.91 Å². The summed E-state index contributed by atoms with van der Waals surface area (Å²) in [5, 5.41) is 10.7. The number of nitrogens with zero attached hydrogens (tertiary/aromatic N) is 3. The molecular weight excluding hydrogens is 702 g/mol. The Morgan fingerprint density at radius 3 is 2.22 bits per heavy atom. The highest BCUT2D eigenvalue weighted by Crippen LogP contribution is 2.68. The fourth-order valence-corrected chi connectivity index (χ4v) is 11.5. The van der Waals surface area contributed by atoms with E-state index in [1.807, 2.05) is 72.8 Å². The lowest BCUT2D eigenvalue weighted by Crippen LogP contribution is -2.58. The summed E-state index contributed by atoms with van der Waals surface area (Å²) in [6.07, 6.45) is 4.27. The van der Waals surface area contributed by atoms with Crippen LogP contribution >= 0.6 is 27.7 Å². The summed E-state index contributed by atoms with van der Waals surface area (Å²) in [7, 11) is 1.59. The highest BCUT2D eigenvalue weighted by Gasteiger charge is 2.76. The number of thioether (sulfide) groups is 1. The predicted molar refractivity (Wildman–Crippen MR) is 198 cm³/mol. The van der Waals surface area contributed by atoms with Gasteiger partial charge in [0.15, 0.2) is 0 Å². The minimum Gasteiger partial charge on any atom is -0.497 e. The van der Waals surface area contributed by atoms with Gasteiger partial charge < -0.3 is 24.5 Å². The Morgan fingerprint density at radius 1 is 1.00 bits per heavy atom. The first kappa shape index (κ1) is 35.0. The Morgan fingerprint density at radius 2 is 1.63 bits per heavy atom. The lowest BCUT2D eigenvalue weighted by molar-refractivity contribution is -0.145. The van der Waals surface area contributed by atoms with Gasteiger partial charge in [-0.1, -0.05) is 88.7 Å². The number of aliphatic hydroxyl groups is 1. The van der Waals surface area contributed by atoms with Gasteiger partial charge in [-0.15, -0.1) is 24.9 Å². The number of carbonyl (C=O) groups is 3. The number of carbonyl (C=O) groups excluding carboxylic acids is 3. The number of benzene rings is 3.